The van der Waals surface area contributed by atoms with Crippen LogP contribution in [0.1, 0.15) is 11.1 Å². The second-order valence-electron chi connectivity index (χ2n) is 3.31. The number of carboxylic acids is 1. The van der Waals surface area contributed by atoms with Gasteiger partial charge in [0.1, 0.15) is 12.1 Å². The van der Waals surface area contributed by atoms with Gasteiger partial charge in [0.05, 0.1) is 10.6 Å². The number of hydrogen-bond acceptors (Lipinski definition) is 3. The summed E-state index contributed by atoms with van der Waals surface area (Å²) in [6, 6.07) is 6.22. The van der Waals surface area contributed by atoms with Gasteiger partial charge in [0.2, 0.25) is 0 Å². The summed E-state index contributed by atoms with van der Waals surface area (Å²) < 4.78 is 0. The molecule has 1 atom stereocenters. The number of nitrogens with zero attached hydrogens (tertiary/aromatic N) is 1. The topological polar surface area (TPSA) is 73.1 Å². The lowest BCUT2D eigenvalue weighted by atomic mass is 10.0. The molecule has 0 saturated heterocycles. The van der Waals surface area contributed by atoms with Gasteiger partial charge >= 0.3 is 5.97 Å². The molecule has 4 nitrogen and oxygen atoms in total. The number of aliphatic carboxylic acids is 1. The van der Waals surface area contributed by atoms with Crippen LogP contribution in [0, 0.1) is 11.3 Å². The average molecular weight is 239 g/mol. The van der Waals surface area contributed by atoms with Crippen LogP contribution in [0.25, 0.3) is 0 Å². The lowest BCUT2D eigenvalue weighted by Crippen LogP contribution is -2.35. The predicted molar refractivity (Wildman–Crippen MR) is 60.4 cm³/mol. The highest BCUT2D eigenvalue weighted by molar-refractivity contribution is 6.31. The van der Waals surface area contributed by atoms with Crippen LogP contribution in [-0.2, 0) is 11.2 Å². The van der Waals surface area contributed by atoms with Crippen molar-refractivity contribution in [3.05, 3.63) is 34.3 Å². The summed E-state index contributed by atoms with van der Waals surface area (Å²) in [5.74, 6) is -0.920. The zero-order valence-corrected chi connectivity index (χ0v) is 9.45. The highest BCUT2D eigenvalue weighted by Crippen LogP contribution is 2.17. The molecule has 0 heterocycles. The maximum atomic E-state index is 10.8. The molecular weight excluding hydrogens is 228 g/mol. The molecule has 0 aliphatic carbocycles. The van der Waals surface area contributed by atoms with Crippen LogP contribution in [0.3, 0.4) is 0 Å². The molecule has 0 aromatic heterocycles. The minimum atomic E-state index is -0.920. The van der Waals surface area contributed by atoms with Crippen LogP contribution in [0.15, 0.2) is 18.2 Å². The standard InChI is InChI=1S/C11H11ClN2O2/c1-14-10(11(15)16)5-7-2-3-9(12)8(4-7)6-13/h2-4,10,14H,5H2,1H3,(H,15,16). The van der Waals surface area contributed by atoms with E-state index in [1.807, 2.05) is 6.07 Å². The number of benzene rings is 1. The monoisotopic (exact) mass is 238 g/mol. The molecule has 0 fully saturated rings. The summed E-state index contributed by atoms with van der Waals surface area (Å²) in [5.41, 5.74) is 1.13. The van der Waals surface area contributed by atoms with Gasteiger partial charge in [-0.2, -0.15) is 5.26 Å². The molecule has 0 saturated carbocycles. The van der Waals surface area contributed by atoms with Crippen LogP contribution < -0.4 is 5.32 Å². The lowest BCUT2D eigenvalue weighted by Gasteiger charge is -2.11. The molecule has 0 aliphatic rings. The normalized spacial score (nSPS) is 11.8. The summed E-state index contributed by atoms with van der Waals surface area (Å²) in [7, 11) is 1.58. The molecule has 1 unspecified atom stereocenters. The third kappa shape index (κ3) is 2.96. The van der Waals surface area contributed by atoms with E-state index in [1.54, 1.807) is 25.2 Å². The molecule has 1 aromatic rings. The number of carboxylic acid groups (broad SMARTS) is 1. The van der Waals surface area contributed by atoms with Gasteiger partial charge in [-0.25, -0.2) is 0 Å². The molecule has 0 spiro atoms. The fourth-order valence-electron chi connectivity index (χ4n) is 1.33. The van der Waals surface area contributed by atoms with Gasteiger partial charge in [-0.05, 0) is 31.2 Å². The fraction of sp³-hybridized carbons (Fsp3) is 0.273. The Labute approximate surface area is 98.5 Å². The molecule has 0 bridgehead atoms. The summed E-state index contributed by atoms with van der Waals surface area (Å²) in [6.07, 6.45) is 0.317. The van der Waals surface area contributed by atoms with Gasteiger partial charge in [0, 0.05) is 0 Å². The van der Waals surface area contributed by atoms with Crippen LogP contribution in [0.5, 0.6) is 0 Å². The largest absolute Gasteiger partial charge is 0.480 e. The van der Waals surface area contributed by atoms with E-state index in [1.165, 1.54) is 0 Å². The van der Waals surface area contributed by atoms with E-state index in [0.29, 0.717) is 17.0 Å². The van der Waals surface area contributed by atoms with E-state index in [2.05, 4.69) is 5.32 Å². The van der Waals surface area contributed by atoms with E-state index in [4.69, 9.17) is 22.0 Å². The number of halogens is 1. The Bertz CT molecular complexity index is 440. The SMILES string of the molecule is CNC(Cc1ccc(Cl)c(C#N)c1)C(=O)O. The predicted octanol–water partition coefficient (Wildman–Crippen LogP) is 1.43. The van der Waals surface area contributed by atoms with Gasteiger partial charge in [0.15, 0.2) is 0 Å². The second kappa shape index (κ2) is 5.50. The molecular formula is C11H11ClN2O2. The van der Waals surface area contributed by atoms with Crippen LogP contribution >= 0.6 is 11.6 Å². The maximum absolute atomic E-state index is 10.8. The summed E-state index contributed by atoms with van der Waals surface area (Å²) in [4.78, 5) is 10.8. The highest BCUT2D eigenvalue weighted by atomic mass is 35.5. The van der Waals surface area contributed by atoms with Crippen molar-refractivity contribution < 1.29 is 9.90 Å². The van der Waals surface area contributed by atoms with E-state index in [0.717, 1.165) is 5.56 Å². The Morgan fingerprint density at radius 2 is 2.38 bits per heavy atom. The van der Waals surface area contributed by atoms with E-state index in [9.17, 15) is 4.79 Å². The highest BCUT2D eigenvalue weighted by Gasteiger charge is 2.15. The second-order valence-corrected chi connectivity index (χ2v) is 3.72. The van der Waals surface area contributed by atoms with Crippen molar-refractivity contribution in [3.8, 4) is 6.07 Å². The third-order valence-electron chi connectivity index (χ3n) is 2.24. The summed E-state index contributed by atoms with van der Waals surface area (Å²) in [5, 5.41) is 20.7. The van der Waals surface area contributed by atoms with E-state index in [-0.39, 0.29) is 0 Å². The van der Waals surface area contributed by atoms with Gasteiger partial charge in [-0.3, -0.25) is 4.79 Å². The number of hydrogen-bond donors (Lipinski definition) is 2. The van der Waals surface area contributed by atoms with Crippen molar-refractivity contribution in [1.29, 1.82) is 5.26 Å². The first-order valence-electron chi connectivity index (χ1n) is 4.67. The van der Waals surface area contributed by atoms with Crippen LogP contribution in [-0.4, -0.2) is 24.2 Å². The van der Waals surface area contributed by atoms with Gasteiger partial charge in [-0.15, -0.1) is 0 Å². The minimum Gasteiger partial charge on any atom is -0.480 e. The maximum Gasteiger partial charge on any atom is 0.321 e. The first-order chi connectivity index (χ1) is 7.58. The lowest BCUT2D eigenvalue weighted by molar-refractivity contribution is -0.139. The van der Waals surface area contributed by atoms with Crippen molar-refractivity contribution in [3.63, 3.8) is 0 Å². The summed E-state index contributed by atoms with van der Waals surface area (Å²) >= 11 is 5.77. The molecule has 1 aromatic carbocycles. The van der Waals surface area contributed by atoms with Gasteiger partial charge in [-0.1, -0.05) is 17.7 Å². The first-order valence-corrected chi connectivity index (χ1v) is 5.05. The Morgan fingerprint density at radius 3 is 2.88 bits per heavy atom. The number of nitriles is 1. The van der Waals surface area contributed by atoms with Gasteiger partial charge < -0.3 is 10.4 Å². The van der Waals surface area contributed by atoms with E-state index >= 15 is 0 Å². The molecule has 0 aliphatic heterocycles. The zero-order chi connectivity index (χ0) is 12.1. The summed E-state index contributed by atoms with van der Waals surface area (Å²) in [6.45, 7) is 0. The molecule has 0 amide bonds. The van der Waals surface area contributed by atoms with Gasteiger partial charge in [0.25, 0.3) is 0 Å². The quantitative estimate of drug-likeness (QED) is 0.832. The Morgan fingerprint density at radius 1 is 1.69 bits per heavy atom. The molecule has 0 radical (unpaired) electrons. The Hall–Kier alpha value is -1.57. The zero-order valence-electron chi connectivity index (χ0n) is 8.70. The van der Waals surface area contributed by atoms with Crippen molar-refractivity contribution in [2.45, 2.75) is 12.5 Å². The van der Waals surface area contributed by atoms with Crippen molar-refractivity contribution in [1.82, 2.24) is 5.32 Å². The molecule has 5 heteroatoms. The first kappa shape index (κ1) is 12.5. The third-order valence-corrected chi connectivity index (χ3v) is 2.57. The fourth-order valence-corrected chi connectivity index (χ4v) is 1.49. The Balaban J connectivity index is 2.90. The molecule has 16 heavy (non-hydrogen) atoms. The number of rotatable bonds is 4. The molecule has 1 rings (SSSR count). The average Bonchev–Trinajstić information content (AvgIpc) is 2.27. The molecule has 84 valence electrons. The smallest absolute Gasteiger partial charge is 0.321 e. The van der Waals surface area contributed by atoms with Crippen LogP contribution in [0.2, 0.25) is 5.02 Å². The molecule has 2 N–H and O–H groups in total. The van der Waals surface area contributed by atoms with Crippen molar-refractivity contribution in [2.75, 3.05) is 7.05 Å². The van der Waals surface area contributed by atoms with Crippen molar-refractivity contribution >= 4 is 17.6 Å². The van der Waals surface area contributed by atoms with Crippen LogP contribution in [0.4, 0.5) is 0 Å². The number of nitrogens with one attached hydrogen (secondary N) is 1. The van der Waals surface area contributed by atoms with E-state index < -0.39 is 12.0 Å². The number of carbonyl (C=O) groups is 1. The minimum absolute atomic E-state index is 0.317. The number of likely N-dealkylation sites (N-methyl/N-ethyl adjacent to an activating group) is 1. The Kier molecular flexibility index (Phi) is 4.29. The van der Waals surface area contributed by atoms with Crippen molar-refractivity contribution in [2.24, 2.45) is 0 Å².